The Morgan fingerprint density at radius 1 is 1.18 bits per heavy atom. The van der Waals surface area contributed by atoms with Gasteiger partial charge in [-0.1, -0.05) is 19.1 Å². The second kappa shape index (κ2) is 13.0. The van der Waals surface area contributed by atoms with Gasteiger partial charge in [0.1, 0.15) is 9.84 Å². The van der Waals surface area contributed by atoms with Crippen molar-refractivity contribution in [1.29, 1.82) is 0 Å². The van der Waals surface area contributed by atoms with Crippen LogP contribution in [0.1, 0.15) is 49.5 Å². The lowest BCUT2D eigenvalue weighted by Gasteiger charge is -2.18. The Kier molecular flexibility index (Phi) is 12.3. The van der Waals surface area contributed by atoms with Crippen LogP contribution in [0.3, 0.4) is 0 Å². The number of hydrogen-bond acceptors (Lipinski definition) is 4. The van der Waals surface area contributed by atoms with Crippen LogP contribution >= 0.6 is 24.0 Å². The highest BCUT2D eigenvalue weighted by molar-refractivity contribution is 14.0. The molecule has 1 aromatic carbocycles. The first-order chi connectivity index (χ1) is 12.6. The van der Waals surface area contributed by atoms with E-state index in [4.69, 9.17) is 0 Å². The first-order valence-electron chi connectivity index (χ1n) is 9.19. The highest BCUT2D eigenvalue weighted by atomic mass is 127. The Bertz CT molecular complexity index is 753. The van der Waals surface area contributed by atoms with Crippen molar-refractivity contribution in [2.75, 3.05) is 19.1 Å². The van der Waals surface area contributed by atoms with Crippen molar-refractivity contribution < 1.29 is 13.2 Å². The number of carbonyl (C=O) groups excluding carboxylic acids is 1. The minimum absolute atomic E-state index is 0. The average Bonchev–Trinajstić information content (AvgIpc) is 2.62. The SMILES string of the molecule is CCC(C)NC(=O)c1cccc(CNC(=NC)NC(C)CCS(C)(=O)=O)c1.I. The fourth-order valence-corrected chi connectivity index (χ4v) is 3.09. The van der Waals surface area contributed by atoms with Gasteiger partial charge < -0.3 is 16.0 Å². The molecule has 0 aliphatic carbocycles. The first kappa shape index (κ1) is 26.6. The number of benzene rings is 1. The lowest BCUT2D eigenvalue weighted by atomic mass is 10.1. The van der Waals surface area contributed by atoms with Crippen LogP contribution in [0, 0.1) is 0 Å². The third-order valence-electron chi connectivity index (χ3n) is 4.17. The van der Waals surface area contributed by atoms with E-state index in [1.165, 1.54) is 6.26 Å². The normalized spacial score (nSPS) is 13.8. The third-order valence-corrected chi connectivity index (χ3v) is 5.14. The van der Waals surface area contributed by atoms with Crippen LogP contribution in [0.5, 0.6) is 0 Å². The summed E-state index contributed by atoms with van der Waals surface area (Å²) in [4.78, 5) is 16.4. The maximum Gasteiger partial charge on any atom is 0.251 e. The zero-order chi connectivity index (χ0) is 20.4. The summed E-state index contributed by atoms with van der Waals surface area (Å²) in [7, 11) is -1.32. The standard InChI is InChI=1S/C19H32N4O3S.HI/c1-6-14(2)22-18(24)17-9-7-8-16(12-17)13-21-19(20-4)23-15(3)10-11-27(5,25)26;/h7-9,12,14-15H,6,10-11,13H2,1-5H3,(H,22,24)(H2,20,21,23);1H. The predicted molar refractivity (Wildman–Crippen MR) is 126 cm³/mol. The number of nitrogens with one attached hydrogen (secondary N) is 3. The van der Waals surface area contributed by atoms with Gasteiger partial charge in [-0.05, 0) is 44.4 Å². The molecule has 1 amide bonds. The average molecular weight is 524 g/mol. The van der Waals surface area contributed by atoms with Crippen molar-refractivity contribution >= 4 is 45.7 Å². The van der Waals surface area contributed by atoms with Gasteiger partial charge >= 0.3 is 0 Å². The fraction of sp³-hybridized carbons (Fsp3) is 0.579. The van der Waals surface area contributed by atoms with Crippen LogP contribution in [0.4, 0.5) is 0 Å². The number of rotatable bonds is 9. The molecule has 9 heteroatoms. The summed E-state index contributed by atoms with van der Waals surface area (Å²) >= 11 is 0. The molecule has 0 saturated heterocycles. The topological polar surface area (TPSA) is 99.7 Å². The fourth-order valence-electron chi connectivity index (χ4n) is 2.31. The van der Waals surface area contributed by atoms with Crippen molar-refractivity contribution in [2.45, 2.75) is 52.2 Å². The predicted octanol–water partition coefficient (Wildman–Crippen LogP) is 2.32. The van der Waals surface area contributed by atoms with E-state index in [0.29, 0.717) is 24.5 Å². The molecule has 160 valence electrons. The maximum atomic E-state index is 12.2. The maximum absolute atomic E-state index is 12.2. The zero-order valence-corrected chi connectivity index (χ0v) is 20.4. The van der Waals surface area contributed by atoms with Crippen LogP contribution in [0.25, 0.3) is 0 Å². The number of carbonyl (C=O) groups is 1. The van der Waals surface area contributed by atoms with E-state index in [0.717, 1.165) is 12.0 Å². The molecule has 0 bridgehead atoms. The Morgan fingerprint density at radius 3 is 2.43 bits per heavy atom. The number of aliphatic imine (C=N–C) groups is 1. The molecule has 0 fully saturated rings. The van der Waals surface area contributed by atoms with Gasteiger partial charge in [0, 0.05) is 37.5 Å². The Hall–Kier alpha value is -1.36. The van der Waals surface area contributed by atoms with Crippen molar-refractivity contribution in [2.24, 2.45) is 4.99 Å². The van der Waals surface area contributed by atoms with Crippen LogP contribution in [-0.4, -0.2) is 51.4 Å². The molecule has 0 aliphatic heterocycles. The molecule has 0 aliphatic rings. The summed E-state index contributed by atoms with van der Waals surface area (Å²) in [6.45, 7) is 6.42. The largest absolute Gasteiger partial charge is 0.354 e. The van der Waals surface area contributed by atoms with Crippen LogP contribution in [-0.2, 0) is 16.4 Å². The van der Waals surface area contributed by atoms with E-state index in [1.54, 1.807) is 13.1 Å². The highest BCUT2D eigenvalue weighted by Crippen LogP contribution is 2.06. The van der Waals surface area contributed by atoms with Gasteiger partial charge in [-0.2, -0.15) is 0 Å². The number of guanidine groups is 1. The Labute approximate surface area is 186 Å². The van der Waals surface area contributed by atoms with Gasteiger partial charge in [0.2, 0.25) is 0 Å². The second-order valence-electron chi connectivity index (χ2n) is 6.87. The van der Waals surface area contributed by atoms with Crippen molar-refractivity contribution in [1.82, 2.24) is 16.0 Å². The lowest BCUT2D eigenvalue weighted by Crippen LogP contribution is -2.42. The van der Waals surface area contributed by atoms with Crippen molar-refractivity contribution in [3.8, 4) is 0 Å². The van der Waals surface area contributed by atoms with E-state index in [-0.39, 0.29) is 47.7 Å². The minimum Gasteiger partial charge on any atom is -0.354 e. The summed E-state index contributed by atoms with van der Waals surface area (Å²) in [5.41, 5.74) is 1.58. The summed E-state index contributed by atoms with van der Waals surface area (Å²) in [5.74, 6) is 0.638. The van der Waals surface area contributed by atoms with Gasteiger partial charge in [0.05, 0.1) is 5.75 Å². The quantitative estimate of drug-likeness (QED) is 0.262. The highest BCUT2D eigenvalue weighted by Gasteiger charge is 2.11. The molecule has 0 aromatic heterocycles. The molecule has 1 rings (SSSR count). The number of sulfone groups is 1. The molecule has 2 atom stereocenters. The lowest BCUT2D eigenvalue weighted by molar-refractivity contribution is 0.0939. The molecular formula is C19H33IN4O3S. The molecule has 0 spiro atoms. The molecule has 3 N–H and O–H groups in total. The van der Waals surface area contributed by atoms with Crippen molar-refractivity contribution in [3.63, 3.8) is 0 Å². The molecule has 28 heavy (non-hydrogen) atoms. The Morgan fingerprint density at radius 2 is 1.86 bits per heavy atom. The van der Waals surface area contributed by atoms with E-state index in [2.05, 4.69) is 20.9 Å². The third kappa shape index (κ3) is 10.8. The van der Waals surface area contributed by atoms with Gasteiger partial charge in [-0.3, -0.25) is 9.79 Å². The monoisotopic (exact) mass is 524 g/mol. The molecule has 1 aromatic rings. The summed E-state index contributed by atoms with van der Waals surface area (Å²) < 4.78 is 22.5. The van der Waals surface area contributed by atoms with Gasteiger partial charge in [-0.15, -0.1) is 24.0 Å². The van der Waals surface area contributed by atoms with E-state index in [9.17, 15) is 13.2 Å². The molecule has 0 radical (unpaired) electrons. The molecular weight excluding hydrogens is 491 g/mol. The summed E-state index contributed by atoms with van der Waals surface area (Å²) in [6, 6.07) is 7.54. The van der Waals surface area contributed by atoms with Crippen LogP contribution < -0.4 is 16.0 Å². The molecule has 2 unspecified atom stereocenters. The van der Waals surface area contributed by atoms with Crippen LogP contribution in [0.2, 0.25) is 0 Å². The first-order valence-corrected chi connectivity index (χ1v) is 11.2. The molecule has 7 nitrogen and oxygen atoms in total. The molecule has 0 saturated carbocycles. The zero-order valence-electron chi connectivity index (χ0n) is 17.3. The minimum atomic E-state index is -2.98. The van der Waals surface area contributed by atoms with Gasteiger partial charge in [0.25, 0.3) is 5.91 Å². The number of halogens is 1. The number of hydrogen-bond donors (Lipinski definition) is 3. The molecule has 0 heterocycles. The smallest absolute Gasteiger partial charge is 0.251 e. The van der Waals surface area contributed by atoms with Gasteiger partial charge in [-0.25, -0.2) is 8.42 Å². The van der Waals surface area contributed by atoms with E-state index < -0.39 is 9.84 Å². The second-order valence-corrected chi connectivity index (χ2v) is 9.13. The Balaban J connectivity index is 0.00000729. The van der Waals surface area contributed by atoms with E-state index in [1.807, 2.05) is 39.0 Å². The summed E-state index contributed by atoms with van der Waals surface area (Å²) in [6.07, 6.45) is 2.62. The van der Waals surface area contributed by atoms with Crippen LogP contribution in [0.15, 0.2) is 29.3 Å². The van der Waals surface area contributed by atoms with Gasteiger partial charge in [0.15, 0.2) is 5.96 Å². The van der Waals surface area contributed by atoms with Crippen molar-refractivity contribution in [3.05, 3.63) is 35.4 Å². The number of nitrogens with zero attached hydrogens (tertiary/aromatic N) is 1. The number of amides is 1. The van der Waals surface area contributed by atoms with E-state index >= 15 is 0 Å². The summed E-state index contributed by atoms with van der Waals surface area (Å²) in [5, 5.41) is 9.32.